The van der Waals surface area contributed by atoms with Crippen LogP contribution in [0.15, 0.2) is 121 Å². The normalized spacial score (nSPS) is 11.2. The molecule has 4 aromatic carbocycles. The lowest BCUT2D eigenvalue weighted by Crippen LogP contribution is -2.39. The highest BCUT2D eigenvalue weighted by Gasteiger charge is 2.17. The zero-order chi connectivity index (χ0) is 28.2. The molecule has 0 spiro atoms. The molecule has 0 aliphatic carbocycles. The van der Waals surface area contributed by atoms with E-state index in [4.69, 9.17) is 0 Å². The molecular formula is C34H30F2N2O2. The zero-order valence-corrected chi connectivity index (χ0v) is 22.0. The molecule has 0 aliphatic heterocycles. The molecule has 0 radical (unpaired) electrons. The highest BCUT2D eigenvalue weighted by molar-refractivity contribution is 5.93. The molecule has 0 N–H and O–H groups in total. The Balaban J connectivity index is 1.52. The monoisotopic (exact) mass is 536 g/mol. The van der Waals surface area contributed by atoms with Crippen LogP contribution in [0.5, 0.6) is 0 Å². The predicted octanol–water partition coefficient (Wildman–Crippen LogP) is 6.75. The maximum Gasteiger partial charge on any atom is 0.246 e. The van der Waals surface area contributed by atoms with E-state index in [-0.39, 0.29) is 23.4 Å². The Bertz CT molecular complexity index is 1320. The molecule has 0 bridgehead atoms. The molecule has 0 fully saturated rings. The van der Waals surface area contributed by atoms with Crippen LogP contribution in [0.3, 0.4) is 0 Å². The van der Waals surface area contributed by atoms with Crippen LogP contribution in [0.1, 0.15) is 22.3 Å². The number of amides is 2. The SMILES string of the molecule is O=C(/C=C/c1ccc(F)cc1)N(CCN(Cc1ccccc1)C(=O)/C=C/c1ccc(F)cc1)Cc1ccccc1. The molecule has 4 rings (SSSR count). The standard InChI is InChI=1S/C34H30F2N2O2/c35-31-17-11-27(12-18-31)15-21-33(39)37(25-29-7-3-1-4-8-29)23-24-38(26-30-9-5-2-6-10-30)34(40)22-16-28-13-19-32(36)20-14-28/h1-22H,23-26H2/b21-15+,22-16+. The molecule has 0 atom stereocenters. The van der Waals surface area contributed by atoms with Crippen LogP contribution >= 0.6 is 0 Å². The van der Waals surface area contributed by atoms with Crippen molar-refractivity contribution in [2.24, 2.45) is 0 Å². The van der Waals surface area contributed by atoms with Crippen LogP contribution in [-0.2, 0) is 22.7 Å². The molecule has 0 unspecified atom stereocenters. The van der Waals surface area contributed by atoms with Gasteiger partial charge in [0.05, 0.1) is 0 Å². The molecule has 40 heavy (non-hydrogen) atoms. The minimum Gasteiger partial charge on any atom is -0.333 e. The van der Waals surface area contributed by atoms with Crippen molar-refractivity contribution >= 4 is 24.0 Å². The molecule has 0 heterocycles. The summed E-state index contributed by atoms with van der Waals surface area (Å²) >= 11 is 0. The number of rotatable bonds is 11. The lowest BCUT2D eigenvalue weighted by molar-refractivity contribution is -0.130. The molecule has 0 aliphatic rings. The third-order valence-corrected chi connectivity index (χ3v) is 6.27. The van der Waals surface area contributed by atoms with Crippen molar-refractivity contribution in [1.82, 2.24) is 9.80 Å². The summed E-state index contributed by atoms with van der Waals surface area (Å²) in [7, 11) is 0. The Kier molecular flexibility index (Phi) is 10.1. The van der Waals surface area contributed by atoms with Gasteiger partial charge in [-0.15, -0.1) is 0 Å². The first kappa shape index (κ1) is 28.2. The van der Waals surface area contributed by atoms with E-state index in [0.29, 0.717) is 37.3 Å². The summed E-state index contributed by atoms with van der Waals surface area (Å²) in [5.41, 5.74) is 3.34. The van der Waals surface area contributed by atoms with Crippen LogP contribution in [0.2, 0.25) is 0 Å². The summed E-state index contributed by atoms with van der Waals surface area (Å²) in [6.07, 6.45) is 6.23. The minimum atomic E-state index is -0.342. The van der Waals surface area contributed by atoms with Crippen LogP contribution in [0.4, 0.5) is 8.78 Å². The van der Waals surface area contributed by atoms with E-state index in [1.165, 1.54) is 36.4 Å². The van der Waals surface area contributed by atoms with Gasteiger partial charge in [0, 0.05) is 38.3 Å². The number of halogens is 2. The highest BCUT2D eigenvalue weighted by atomic mass is 19.1. The maximum atomic E-state index is 13.3. The number of benzene rings is 4. The van der Waals surface area contributed by atoms with Gasteiger partial charge in [0.15, 0.2) is 0 Å². The lowest BCUT2D eigenvalue weighted by atomic mass is 10.1. The fourth-order valence-electron chi connectivity index (χ4n) is 4.08. The van der Waals surface area contributed by atoms with Gasteiger partial charge in [-0.25, -0.2) is 8.78 Å². The van der Waals surface area contributed by atoms with Crippen molar-refractivity contribution in [2.45, 2.75) is 13.1 Å². The molecule has 202 valence electrons. The van der Waals surface area contributed by atoms with Gasteiger partial charge in [-0.3, -0.25) is 9.59 Å². The molecule has 0 saturated carbocycles. The first-order valence-corrected chi connectivity index (χ1v) is 13.0. The van der Waals surface area contributed by atoms with Crippen molar-refractivity contribution in [3.8, 4) is 0 Å². The Hall–Kier alpha value is -4.84. The van der Waals surface area contributed by atoms with Gasteiger partial charge in [-0.2, -0.15) is 0 Å². The average molecular weight is 537 g/mol. The smallest absolute Gasteiger partial charge is 0.246 e. The van der Waals surface area contributed by atoms with Crippen LogP contribution < -0.4 is 0 Å². The highest BCUT2D eigenvalue weighted by Crippen LogP contribution is 2.12. The Labute approximate surface area is 233 Å². The number of nitrogens with zero attached hydrogens (tertiary/aromatic N) is 2. The molecule has 0 aromatic heterocycles. The molecule has 4 aromatic rings. The van der Waals surface area contributed by atoms with E-state index >= 15 is 0 Å². The van der Waals surface area contributed by atoms with Gasteiger partial charge in [0.25, 0.3) is 0 Å². The topological polar surface area (TPSA) is 40.6 Å². The van der Waals surface area contributed by atoms with Crippen molar-refractivity contribution in [3.05, 3.63) is 155 Å². The fraction of sp³-hybridized carbons (Fsp3) is 0.118. The predicted molar refractivity (Wildman–Crippen MR) is 155 cm³/mol. The van der Waals surface area contributed by atoms with Gasteiger partial charge >= 0.3 is 0 Å². The third-order valence-electron chi connectivity index (χ3n) is 6.27. The number of hydrogen-bond acceptors (Lipinski definition) is 2. The average Bonchev–Trinajstić information content (AvgIpc) is 2.98. The van der Waals surface area contributed by atoms with E-state index < -0.39 is 0 Å². The summed E-state index contributed by atoms with van der Waals surface area (Å²) in [6, 6.07) is 31.1. The van der Waals surface area contributed by atoms with E-state index in [2.05, 4.69) is 0 Å². The van der Waals surface area contributed by atoms with Crippen LogP contribution in [-0.4, -0.2) is 34.7 Å². The first-order chi connectivity index (χ1) is 19.5. The summed E-state index contributed by atoms with van der Waals surface area (Å²) in [4.78, 5) is 29.9. The van der Waals surface area contributed by atoms with Crippen molar-refractivity contribution in [1.29, 1.82) is 0 Å². The van der Waals surface area contributed by atoms with Crippen LogP contribution in [0, 0.1) is 11.6 Å². The van der Waals surface area contributed by atoms with E-state index in [1.807, 2.05) is 60.7 Å². The molecular weight excluding hydrogens is 506 g/mol. The largest absolute Gasteiger partial charge is 0.333 e. The summed E-state index contributed by atoms with van der Waals surface area (Å²) in [6.45, 7) is 1.33. The second kappa shape index (κ2) is 14.4. The van der Waals surface area contributed by atoms with Crippen molar-refractivity contribution in [3.63, 3.8) is 0 Å². The Morgan fingerprint density at radius 1 is 0.525 bits per heavy atom. The second-order valence-electron chi connectivity index (χ2n) is 9.26. The summed E-state index contributed by atoms with van der Waals surface area (Å²) in [5.74, 6) is -1.12. The minimum absolute atomic E-state index is 0.220. The van der Waals surface area contributed by atoms with Gasteiger partial charge < -0.3 is 9.80 Å². The van der Waals surface area contributed by atoms with Gasteiger partial charge in [0.1, 0.15) is 11.6 Å². The van der Waals surface area contributed by atoms with Crippen LogP contribution in [0.25, 0.3) is 12.2 Å². The van der Waals surface area contributed by atoms with Crippen molar-refractivity contribution < 1.29 is 18.4 Å². The summed E-state index contributed by atoms with van der Waals surface area (Å²) in [5, 5.41) is 0. The Morgan fingerprint density at radius 2 is 0.875 bits per heavy atom. The second-order valence-corrected chi connectivity index (χ2v) is 9.26. The molecule has 0 saturated heterocycles. The Morgan fingerprint density at radius 3 is 1.23 bits per heavy atom. The summed E-state index contributed by atoms with van der Waals surface area (Å²) < 4.78 is 26.5. The molecule has 6 heteroatoms. The van der Waals surface area contributed by atoms with E-state index in [1.54, 1.807) is 46.2 Å². The number of carbonyl (C=O) groups excluding carboxylic acids is 2. The molecule has 2 amide bonds. The fourth-order valence-corrected chi connectivity index (χ4v) is 4.08. The quantitative estimate of drug-likeness (QED) is 0.199. The zero-order valence-electron chi connectivity index (χ0n) is 22.0. The molecule has 4 nitrogen and oxygen atoms in total. The van der Waals surface area contributed by atoms with Crippen molar-refractivity contribution in [2.75, 3.05) is 13.1 Å². The van der Waals surface area contributed by atoms with Gasteiger partial charge in [-0.05, 0) is 58.7 Å². The number of hydrogen-bond donors (Lipinski definition) is 0. The van der Waals surface area contributed by atoms with E-state index in [9.17, 15) is 18.4 Å². The number of carbonyl (C=O) groups is 2. The third kappa shape index (κ3) is 8.88. The first-order valence-electron chi connectivity index (χ1n) is 13.0. The maximum absolute atomic E-state index is 13.3. The van der Waals surface area contributed by atoms with Gasteiger partial charge in [-0.1, -0.05) is 84.9 Å². The van der Waals surface area contributed by atoms with Gasteiger partial charge in [0.2, 0.25) is 11.8 Å². The lowest BCUT2D eigenvalue weighted by Gasteiger charge is -2.27. The van der Waals surface area contributed by atoms with E-state index in [0.717, 1.165) is 11.1 Å².